The van der Waals surface area contributed by atoms with Crippen molar-refractivity contribution in [3.8, 4) is 0 Å². The highest BCUT2D eigenvalue weighted by atomic mass is 16.5. The first-order chi connectivity index (χ1) is 7.73. The van der Waals surface area contributed by atoms with Gasteiger partial charge in [-0.15, -0.1) is 0 Å². The maximum Gasteiger partial charge on any atom is 0.357 e. The Kier molecular flexibility index (Phi) is 1.60. The number of hydrogen-bond donors (Lipinski definition) is 1. The zero-order chi connectivity index (χ0) is 10.8. The van der Waals surface area contributed by atoms with Crippen LogP contribution in [0, 0.1) is 17.8 Å². The fraction of sp³-hybridized carbons (Fsp3) is 0.769. The molecule has 0 spiro atoms. The van der Waals surface area contributed by atoms with Crippen LogP contribution < -0.4 is 5.63 Å². The summed E-state index contributed by atoms with van der Waals surface area (Å²) in [6, 6.07) is 1.69. The Balaban J connectivity index is 1.79. The Hall–Kier alpha value is -0.990. The highest BCUT2D eigenvalue weighted by Gasteiger charge is 2.52. The minimum Gasteiger partial charge on any atom is -0.339 e. The van der Waals surface area contributed by atoms with Crippen molar-refractivity contribution in [1.29, 1.82) is 0 Å². The predicted molar refractivity (Wildman–Crippen MR) is 59.2 cm³/mol. The van der Waals surface area contributed by atoms with E-state index in [0.29, 0.717) is 0 Å². The molecule has 0 atom stereocenters. The monoisotopic (exact) mass is 219 g/mol. The van der Waals surface area contributed by atoms with Gasteiger partial charge in [0.15, 0.2) is 0 Å². The molecule has 16 heavy (non-hydrogen) atoms. The lowest BCUT2D eigenvalue weighted by Gasteiger charge is -2.56. The average Bonchev–Trinajstić information content (AvgIpc) is 2.63. The number of nitrogens with one attached hydrogen (secondary N) is 1. The van der Waals surface area contributed by atoms with Gasteiger partial charge >= 0.3 is 5.63 Å². The molecule has 4 saturated carbocycles. The molecule has 1 aromatic rings. The van der Waals surface area contributed by atoms with E-state index in [4.69, 9.17) is 4.52 Å². The fourth-order valence-electron chi connectivity index (χ4n) is 4.98. The molecule has 0 radical (unpaired) electrons. The van der Waals surface area contributed by atoms with Crippen molar-refractivity contribution in [2.75, 3.05) is 0 Å². The summed E-state index contributed by atoms with van der Waals surface area (Å²) < 4.78 is 4.87. The summed E-state index contributed by atoms with van der Waals surface area (Å²) in [6.45, 7) is 0. The molecule has 3 nitrogen and oxygen atoms in total. The molecule has 4 aliphatic carbocycles. The molecular weight excluding hydrogens is 202 g/mol. The number of H-pyrrole nitrogens is 1. The fourth-order valence-corrected chi connectivity index (χ4v) is 4.98. The van der Waals surface area contributed by atoms with E-state index < -0.39 is 0 Å². The molecule has 4 fully saturated rings. The molecule has 1 aromatic heterocycles. The van der Waals surface area contributed by atoms with Crippen molar-refractivity contribution in [1.82, 2.24) is 5.16 Å². The summed E-state index contributed by atoms with van der Waals surface area (Å²) in [5.74, 6) is 2.72. The molecule has 0 unspecified atom stereocenters. The molecule has 0 aliphatic heterocycles. The highest BCUT2D eigenvalue weighted by molar-refractivity contribution is 5.20. The zero-order valence-electron chi connectivity index (χ0n) is 9.37. The lowest BCUT2D eigenvalue weighted by molar-refractivity contribution is -0.00847. The van der Waals surface area contributed by atoms with Crippen LogP contribution in [-0.4, -0.2) is 5.16 Å². The van der Waals surface area contributed by atoms with Gasteiger partial charge in [-0.2, -0.15) is 0 Å². The summed E-state index contributed by atoms with van der Waals surface area (Å²) in [5, 5.41) is 2.87. The molecule has 1 N–H and O–H groups in total. The first-order valence-electron chi connectivity index (χ1n) is 6.42. The second-order valence-electron chi connectivity index (χ2n) is 6.28. The number of aromatic amines is 1. The Morgan fingerprint density at radius 3 is 2.12 bits per heavy atom. The molecule has 5 rings (SSSR count). The third kappa shape index (κ3) is 1.12. The Labute approximate surface area is 94.2 Å². The zero-order valence-corrected chi connectivity index (χ0v) is 9.37. The second kappa shape index (κ2) is 2.82. The van der Waals surface area contributed by atoms with Crippen molar-refractivity contribution in [2.24, 2.45) is 17.8 Å². The van der Waals surface area contributed by atoms with Gasteiger partial charge in [0.2, 0.25) is 0 Å². The van der Waals surface area contributed by atoms with Crippen LogP contribution in [0.25, 0.3) is 0 Å². The van der Waals surface area contributed by atoms with Gasteiger partial charge in [-0.1, -0.05) is 0 Å². The van der Waals surface area contributed by atoms with E-state index >= 15 is 0 Å². The quantitative estimate of drug-likeness (QED) is 0.788. The van der Waals surface area contributed by atoms with Crippen LogP contribution in [0.4, 0.5) is 0 Å². The second-order valence-corrected chi connectivity index (χ2v) is 6.28. The van der Waals surface area contributed by atoms with Crippen molar-refractivity contribution in [3.05, 3.63) is 22.2 Å². The van der Waals surface area contributed by atoms with E-state index in [0.717, 1.165) is 23.4 Å². The van der Waals surface area contributed by atoms with Gasteiger partial charge in [0, 0.05) is 11.5 Å². The van der Waals surface area contributed by atoms with Crippen molar-refractivity contribution in [2.45, 2.75) is 43.9 Å². The van der Waals surface area contributed by atoms with E-state index in [1.807, 2.05) is 0 Å². The Morgan fingerprint density at radius 2 is 1.69 bits per heavy atom. The van der Waals surface area contributed by atoms with Crippen LogP contribution in [0.1, 0.15) is 44.2 Å². The van der Waals surface area contributed by atoms with E-state index in [1.165, 1.54) is 38.5 Å². The number of aromatic nitrogens is 1. The van der Waals surface area contributed by atoms with Crippen molar-refractivity contribution < 1.29 is 4.52 Å². The minimum atomic E-state index is -0.217. The van der Waals surface area contributed by atoms with E-state index in [2.05, 4.69) is 5.16 Å². The van der Waals surface area contributed by atoms with E-state index in [-0.39, 0.29) is 11.0 Å². The molecule has 1 heterocycles. The lowest BCUT2D eigenvalue weighted by Crippen LogP contribution is -2.48. The molecule has 0 amide bonds. The van der Waals surface area contributed by atoms with E-state index in [9.17, 15) is 4.79 Å². The Bertz CT molecular complexity index is 435. The highest BCUT2D eigenvalue weighted by Crippen LogP contribution is 2.60. The summed E-state index contributed by atoms with van der Waals surface area (Å²) in [4.78, 5) is 11.2. The minimum absolute atomic E-state index is 0.217. The normalized spacial score (nSPS) is 45.1. The van der Waals surface area contributed by atoms with Gasteiger partial charge in [-0.25, -0.2) is 9.95 Å². The van der Waals surface area contributed by atoms with Gasteiger partial charge in [0.05, 0.1) is 5.69 Å². The van der Waals surface area contributed by atoms with Gasteiger partial charge < -0.3 is 4.52 Å². The molecule has 3 heteroatoms. The standard InChI is InChI=1S/C13H17NO2/c15-12-4-11(14-16-12)13-5-8-1-9(6-13)3-10(2-8)7-13/h4,8-10,14H,1-3,5-7H2. The maximum atomic E-state index is 11.2. The topological polar surface area (TPSA) is 46.0 Å². The SMILES string of the molecule is O=c1cc(C23CC4CC(CC(C4)C2)C3)[nH]o1. The molecule has 4 aliphatic rings. The van der Waals surface area contributed by atoms with Crippen molar-refractivity contribution in [3.63, 3.8) is 0 Å². The smallest absolute Gasteiger partial charge is 0.339 e. The van der Waals surface area contributed by atoms with Crippen molar-refractivity contribution >= 4 is 0 Å². The molecule has 0 saturated heterocycles. The third-order valence-corrected chi connectivity index (χ3v) is 5.13. The van der Waals surface area contributed by atoms with Crippen LogP contribution >= 0.6 is 0 Å². The van der Waals surface area contributed by atoms with E-state index in [1.54, 1.807) is 6.07 Å². The summed E-state index contributed by atoms with van der Waals surface area (Å²) in [5.41, 5.74) is 1.13. The summed E-state index contributed by atoms with van der Waals surface area (Å²) in [6.07, 6.45) is 8.11. The number of hydrogen-bond acceptors (Lipinski definition) is 2. The van der Waals surface area contributed by atoms with Gasteiger partial charge in [0.25, 0.3) is 0 Å². The molecule has 0 aromatic carbocycles. The van der Waals surface area contributed by atoms with Crippen LogP contribution in [0.15, 0.2) is 15.4 Å². The maximum absolute atomic E-state index is 11.2. The third-order valence-electron chi connectivity index (χ3n) is 5.13. The average molecular weight is 219 g/mol. The predicted octanol–water partition coefficient (Wildman–Crippen LogP) is 2.44. The lowest BCUT2D eigenvalue weighted by atomic mass is 9.49. The Morgan fingerprint density at radius 1 is 1.12 bits per heavy atom. The molecule has 86 valence electrons. The largest absolute Gasteiger partial charge is 0.357 e. The van der Waals surface area contributed by atoms with Gasteiger partial charge in [0.1, 0.15) is 0 Å². The first kappa shape index (κ1) is 9.08. The first-order valence-corrected chi connectivity index (χ1v) is 6.42. The van der Waals surface area contributed by atoms with Gasteiger partial charge in [-0.3, -0.25) is 0 Å². The van der Waals surface area contributed by atoms with Crippen LogP contribution in [-0.2, 0) is 5.41 Å². The summed E-state index contributed by atoms with van der Waals surface area (Å²) >= 11 is 0. The van der Waals surface area contributed by atoms with Gasteiger partial charge in [-0.05, 0) is 56.3 Å². The van der Waals surface area contributed by atoms with Crippen LogP contribution in [0.3, 0.4) is 0 Å². The van der Waals surface area contributed by atoms with Crippen LogP contribution in [0.5, 0.6) is 0 Å². The molecular formula is C13H17NO2. The number of rotatable bonds is 1. The summed E-state index contributed by atoms with van der Waals surface area (Å²) in [7, 11) is 0. The molecule has 4 bridgehead atoms. The van der Waals surface area contributed by atoms with Crippen LogP contribution in [0.2, 0.25) is 0 Å².